The van der Waals surface area contributed by atoms with Gasteiger partial charge in [-0.1, -0.05) is 30.3 Å². The van der Waals surface area contributed by atoms with Crippen molar-refractivity contribution in [1.82, 2.24) is 14.9 Å². The van der Waals surface area contributed by atoms with E-state index in [1.54, 1.807) is 17.7 Å². The molecule has 5 N–H and O–H groups in total. The van der Waals surface area contributed by atoms with Crippen LogP contribution in [0.4, 0.5) is 5.82 Å². The van der Waals surface area contributed by atoms with Gasteiger partial charge in [-0.15, -0.1) is 11.3 Å². The second kappa shape index (κ2) is 14.1. The first-order valence-corrected chi connectivity index (χ1v) is 10.5. The summed E-state index contributed by atoms with van der Waals surface area (Å²) in [5.41, 5.74) is 1.23. The molecule has 0 aliphatic carbocycles. The zero-order chi connectivity index (χ0) is 25.7. The van der Waals surface area contributed by atoms with Crippen molar-refractivity contribution in [2.45, 2.75) is 6.42 Å². The van der Waals surface area contributed by atoms with Gasteiger partial charge in [-0.2, -0.15) is 0 Å². The van der Waals surface area contributed by atoms with Gasteiger partial charge in [0.15, 0.2) is 0 Å². The molecule has 0 amide bonds. The Balaban J connectivity index is 0.000000401. The molecule has 0 aliphatic heterocycles. The van der Waals surface area contributed by atoms with Gasteiger partial charge in [0.25, 0.3) is 0 Å². The molecule has 0 unspecified atom stereocenters. The molecule has 0 fully saturated rings. The summed E-state index contributed by atoms with van der Waals surface area (Å²) in [5, 5.41) is 34.1. The number of aromatic nitrogens is 2. The number of carboxylic acid groups (broad SMARTS) is 4. The average Bonchev–Trinajstić information content (AvgIpc) is 3.23. The third kappa shape index (κ3) is 10.0. The molecule has 1 aromatic carbocycles. The lowest BCUT2D eigenvalue weighted by atomic mass is 10.2. The van der Waals surface area contributed by atoms with Gasteiger partial charge in [0, 0.05) is 11.4 Å². The molecule has 0 spiro atoms. The summed E-state index contributed by atoms with van der Waals surface area (Å²) in [6.45, 7) is 1.99. The van der Waals surface area contributed by atoms with Crippen molar-refractivity contribution in [3.63, 3.8) is 0 Å². The maximum absolute atomic E-state index is 9.10. The zero-order valence-corrected chi connectivity index (χ0v) is 19.2. The van der Waals surface area contributed by atoms with Crippen molar-refractivity contribution in [3.8, 4) is 10.4 Å². The van der Waals surface area contributed by atoms with Gasteiger partial charge in [0.1, 0.15) is 17.0 Å². The van der Waals surface area contributed by atoms with E-state index >= 15 is 0 Å². The van der Waals surface area contributed by atoms with Gasteiger partial charge in [0.2, 0.25) is 0 Å². The number of benzene rings is 1. The largest absolute Gasteiger partial charge is 0.473 e. The number of aliphatic carboxylic acids is 4. The number of nitrogens with one attached hydrogen (secondary N) is 1. The third-order valence-electron chi connectivity index (χ3n) is 3.83. The first-order valence-electron chi connectivity index (χ1n) is 9.64. The van der Waals surface area contributed by atoms with Crippen LogP contribution in [-0.4, -0.2) is 86.4 Å². The van der Waals surface area contributed by atoms with E-state index < -0.39 is 23.9 Å². The van der Waals surface area contributed by atoms with E-state index in [9.17, 15) is 0 Å². The number of fused-ring (bicyclic) bond motifs is 1. The van der Waals surface area contributed by atoms with Gasteiger partial charge in [-0.05, 0) is 38.7 Å². The van der Waals surface area contributed by atoms with E-state index in [1.165, 1.54) is 10.4 Å². The van der Waals surface area contributed by atoms with Crippen LogP contribution >= 0.6 is 11.3 Å². The molecule has 0 saturated heterocycles. The summed E-state index contributed by atoms with van der Waals surface area (Å²) in [6, 6.07) is 12.6. The number of rotatable bonds is 6. The molecule has 2 aromatic heterocycles. The third-order valence-corrected chi connectivity index (χ3v) is 4.92. The first kappa shape index (κ1) is 27.9. The highest BCUT2D eigenvalue weighted by Crippen LogP contribution is 2.34. The fourth-order valence-electron chi connectivity index (χ4n) is 2.34. The Morgan fingerprint density at radius 1 is 0.912 bits per heavy atom. The minimum Gasteiger partial charge on any atom is -0.473 e. The molecule has 13 heteroatoms. The van der Waals surface area contributed by atoms with E-state index in [4.69, 9.17) is 39.6 Å². The lowest BCUT2D eigenvalue weighted by Gasteiger charge is -2.10. The Morgan fingerprint density at radius 3 is 1.97 bits per heavy atom. The number of carboxylic acids is 4. The minimum atomic E-state index is -1.82. The van der Waals surface area contributed by atoms with Gasteiger partial charge < -0.3 is 30.6 Å². The van der Waals surface area contributed by atoms with Crippen LogP contribution in [0.2, 0.25) is 0 Å². The molecule has 0 radical (unpaired) electrons. The predicted octanol–water partition coefficient (Wildman–Crippen LogP) is 2.03. The topological polar surface area (TPSA) is 190 Å². The van der Waals surface area contributed by atoms with Gasteiger partial charge in [0.05, 0.1) is 5.39 Å². The zero-order valence-electron chi connectivity index (χ0n) is 18.3. The number of thiophene rings is 1. The Hall–Kier alpha value is -4.10. The number of nitrogens with zero attached hydrogens (tertiary/aromatic N) is 3. The van der Waals surface area contributed by atoms with Crippen molar-refractivity contribution in [3.05, 3.63) is 42.7 Å². The molecule has 0 aliphatic rings. The smallest absolute Gasteiger partial charge is 0.414 e. The van der Waals surface area contributed by atoms with Crippen molar-refractivity contribution in [1.29, 1.82) is 0 Å². The van der Waals surface area contributed by atoms with Crippen LogP contribution in [0.1, 0.15) is 6.42 Å². The van der Waals surface area contributed by atoms with Crippen LogP contribution < -0.4 is 5.32 Å². The summed E-state index contributed by atoms with van der Waals surface area (Å²) in [4.78, 5) is 49.7. The fourth-order valence-corrected chi connectivity index (χ4v) is 3.35. The van der Waals surface area contributed by atoms with Crippen LogP contribution in [0, 0.1) is 0 Å². The summed E-state index contributed by atoms with van der Waals surface area (Å²) >= 11 is 1.71. The predicted molar refractivity (Wildman–Crippen MR) is 125 cm³/mol. The van der Waals surface area contributed by atoms with E-state index in [1.807, 2.05) is 6.07 Å². The van der Waals surface area contributed by atoms with Crippen LogP contribution in [0.5, 0.6) is 0 Å². The number of carbonyl (C=O) groups is 4. The van der Waals surface area contributed by atoms with Crippen molar-refractivity contribution >= 4 is 51.2 Å². The molecule has 3 rings (SSSR count). The summed E-state index contributed by atoms with van der Waals surface area (Å²) in [7, 11) is 4.18. The fraction of sp³-hybridized carbons (Fsp3) is 0.238. The molecular formula is C21H24N4O8S. The Bertz CT molecular complexity index is 1070. The molecule has 0 saturated carbocycles. The van der Waals surface area contributed by atoms with E-state index in [-0.39, 0.29) is 0 Å². The highest BCUT2D eigenvalue weighted by atomic mass is 32.1. The molecule has 2 heterocycles. The van der Waals surface area contributed by atoms with E-state index in [2.05, 4.69) is 64.6 Å². The Kier molecular flexibility index (Phi) is 11.6. The van der Waals surface area contributed by atoms with Crippen LogP contribution in [0.25, 0.3) is 20.7 Å². The minimum absolute atomic E-state index is 0.917. The molecule has 0 atom stereocenters. The van der Waals surface area contributed by atoms with Crippen molar-refractivity contribution < 1.29 is 39.6 Å². The van der Waals surface area contributed by atoms with Gasteiger partial charge >= 0.3 is 23.9 Å². The van der Waals surface area contributed by atoms with Crippen LogP contribution in [0.3, 0.4) is 0 Å². The monoisotopic (exact) mass is 492 g/mol. The highest BCUT2D eigenvalue weighted by molar-refractivity contribution is 7.21. The molecule has 0 bridgehead atoms. The standard InChI is InChI=1S/C17H20N4S.2C2H2O4/c1-21(2)10-6-9-18-16-14-11-15(13-7-4-3-5-8-13)22-17(14)20-12-19-16;2*3-1(4)2(5)6/h3-5,7-8,11-12H,6,9-10H2,1-2H3,(H,18,19,20);2*(H,3,4)(H,5,6). The Labute approximate surface area is 198 Å². The van der Waals surface area contributed by atoms with Gasteiger partial charge in [-0.25, -0.2) is 29.1 Å². The quantitative estimate of drug-likeness (QED) is 0.249. The molecule has 34 heavy (non-hydrogen) atoms. The van der Waals surface area contributed by atoms with Crippen molar-refractivity contribution in [2.75, 3.05) is 32.5 Å². The Morgan fingerprint density at radius 2 is 1.47 bits per heavy atom. The number of hydrogen-bond acceptors (Lipinski definition) is 9. The average molecular weight is 493 g/mol. The maximum Gasteiger partial charge on any atom is 0.414 e. The van der Waals surface area contributed by atoms with Gasteiger partial charge in [-0.3, -0.25) is 0 Å². The molecular weight excluding hydrogens is 468 g/mol. The number of anilines is 1. The normalized spacial score (nSPS) is 9.85. The first-order chi connectivity index (χ1) is 16.0. The van der Waals surface area contributed by atoms with E-state index in [0.29, 0.717) is 0 Å². The molecule has 12 nitrogen and oxygen atoms in total. The maximum atomic E-state index is 9.10. The highest BCUT2D eigenvalue weighted by Gasteiger charge is 2.09. The van der Waals surface area contributed by atoms with Crippen LogP contribution in [0.15, 0.2) is 42.7 Å². The van der Waals surface area contributed by atoms with E-state index in [0.717, 1.165) is 35.5 Å². The second-order valence-corrected chi connectivity index (χ2v) is 7.75. The molecule has 3 aromatic rings. The SMILES string of the molecule is CN(C)CCCNc1ncnc2sc(-c3ccccc3)cc12.O=C(O)C(=O)O.O=C(O)C(=O)O. The lowest BCUT2D eigenvalue weighted by Crippen LogP contribution is -2.16. The van der Waals surface area contributed by atoms with Crippen molar-refractivity contribution in [2.24, 2.45) is 0 Å². The summed E-state index contributed by atoms with van der Waals surface area (Å²) in [6.07, 6.45) is 2.73. The number of hydrogen-bond donors (Lipinski definition) is 5. The van der Waals surface area contributed by atoms with Crippen LogP contribution in [-0.2, 0) is 19.2 Å². The second-order valence-electron chi connectivity index (χ2n) is 6.72. The summed E-state index contributed by atoms with van der Waals surface area (Å²) in [5.74, 6) is -6.36. The summed E-state index contributed by atoms with van der Waals surface area (Å²) < 4.78 is 0. The molecule has 182 valence electrons. The lowest BCUT2D eigenvalue weighted by molar-refractivity contribution is -0.159.